The molecule has 0 spiro atoms. The summed E-state index contributed by atoms with van der Waals surface area (Å²) in [7, 11) is 0. The van der Waals surface area contributed by atoms with Gasteiger partial charge in [-0.1, -0.05) is 0 Å². The summed E-state index contributed by atoms with van der Waals surface area (Å²) >= 11 is 0. The molecule has 0 bridgehead atoms. The third-order valence-corrected chi connectivity index (χ3v) is 4.10. The molecule has 1 fully saturated rings. The van der Waals surface area contributed by atoms with E-state index in [9.17, 15) is 9.59 Å². The minimum atomic E-state index is -0.726. The van der Waals surface area contributed by atoms with Gasteiger partial charge >= 0.3 is 5.97 Å². The summed E-state index contributed by atoms with van der Waals surface area (Å²) in [5.74, 6) is 0.328. The van der Waals surface area contributed by atoms with E-state index < -0.39 is 5.97 Å². The van der Waals surface area contributed by atoms with Crippen LogP contribution in [0.5, 0.6) is 0 Å². The topological polar surface area (TPSA) is 83.4 Å². The lowest BCUT2D eigenvalue weighted by atomic mass is 9.94. The molecule has 6 heteroatoms. The monoisotopic (exact) mass is 275 g/mol. The maximum atomic E-state index is 11.5. The molecule has 0 unspecified atom stereocenters. The van der Waals surface area contributed by atoms with Gasteiger partial charge in [-0.25, -0.2) is 9.97 Å². The van der Waals surface area contributed by atoms with Crippen molar-refractivity contribution in [1.29, 1.82) is 0 Å². The number of rotatable bonds is 3. The Labute approximate surface area is 116 Å². The normalized spacial score (nSPS) is 19.2. The highest BCUT2D eigenvalue weighted by molar-refractivity contribution is 5.99. The van der Waals surface area contributed by atoms with Gasteiger partial charge in [-0.15, -0.1) is 0 Å². The van der Waals surface area contributed by atoms with Gasteiger partial charge in [0.15, 0.2) is 5.78 Å². The zero-order valence-corrected chi connectivity index (χ0v) is 11.2. The predicted molar refractivity (Wildman–Crippen MR) is 71.9 cm³/mol. The van der Waals surface area contributed by atoms with E-state index in [-0.39, 0.29) is 18.1 Å². The molecule has 106 valence electrons. The highest BCUT2D eigenvalue weighted by atomic mass is 16.4. The first-order valence-corrected chi connectivity index (χ1v) is 6.99. The van der Waals surface area contributed by atoms with Gasteiger partial charge in [-0.3, -0.25) is 9.59 Å². The summed E-state index contributed by atoms with van der Waals surface area (Å²) in [5.41, 5.74) is 1.52. The molecule has 0 saturated carbocycles. The van der Waals surface area contributed by atoms with Crippen LogP contribution in [0.3, 0.4) is 0 Å². The van der Waals surface area contributed by atoms with Crippen molar-refractivity contribution < 1.29 is 14.7 Å². The van der Waals surface area contributed by atoms with Crippen LogP contribution in [0.2, 0.25) is 0 Å². The fourth-order valence-corrected chi connectivity index (χ4v) is 2.93. The van der Waals surface area contributed by atoms with Gasteiger partial charge in [-0.2, -0.15) is 0 Å². The number of anilines is 1. The number of carbonyl (C=O) groups excluding carboxylic acids is 1. The number of hydrogen-bond acceptors (Lipinski definition) is 5. The summed E-state index contributed by atoms with van der Waals surface area (Å²) < 4.78 is 0. The Hall–Kier alpha value is -1.98. The molecule has 1 aliphatic heterocycles. The van der Waals surface area contributed by atoms with Gasteiger partial charge in [0.1, 0.15) is 0 Å². The molecule has 1 aliphatic carbocycles. The molecular weight excluding hydrogens is 258 g/mol. The molecule has 0 amide bonds. The Balaban J connectivity index is 1.67. The summed E-state index contributed by atoms with van der Waals surface area (Å²) in [6.45, 7) is 1.56. The lowest BCUT2D eigenvalue weighted by Gasteiger charge is -2.31. The summed E-state index contributed by atoms with van der Waals surface area (Å²) in [6.07, 6.45) is 4.83. The van der Waals surface area contributed by atoms with E-state index in [4.69, 9.17) is 5.11 Å². The number of nitrogens with zero attached hydrogens (tertiary/aromatic N) is 3. The van der Waals surface area contributed by atoms with Crippen molar-refractivity contribution in [2.45, 2.75) is 32.1 Å². The van der Waals surface area contributed by atoms with E-state index in [2.05, 4.69) is 14.9 Å². The van der Waals surface area contributed by atoms with E-state index >= 15 is 0 Å². The first kappa shape index (κ1) is 13.0. The third-order valence-electron chi connectivity index (χ3n) is 4.10. The van der Waals surface area contributed by atoms with Crippen molar-refractivity contribution >= 4 is 17.7 Å². The molecule has 3 rings (SSSR count). The first-order chi connectivity index (χ1) is 9.63. The summed E-state index contributed by atoms with van der Waals surface area (Å²) in [6, 6.07) is 0. The number of carboxylic acid groups (broad SMARTS) is 1. The van der Waals surface area contributed by atoms with Crippen molar-refractivity contribution in [3.05, 3.63) is 17.5 Å². The zero-order chi connectivity index (χ0) is 14.1. The van der Waals surface area contributed by atoms with Crippen LogP contribution in [-0.4, -0.2) is 39.9 Å². The fraction of sp³-hybridized carbons (Fsp3) is 0.571. The molecule has 6 nitrogen and oxygen atoms in total. The van der Waals surface area contributed by atoms with Crippen LogP contribution >= 0.6 is 0 Å². The van der Waals surface area contributed by atoms with Crippen LogP contribution in [0.1, 0.15) is 41.7 Å². The maximum absolute atomic E-state index is 11.5. The Kier molecular flexibility index (Phi) is 3.38. The van der Waals surface area contributed by atoms with Crippen molar-refractivity contribution in [3.63, 3.8) is 0 Å². The van der Waals surface area contributed by atoms with E-state index in [1.807, 2.05) is 0 Å². The maximum Gasteiger partial charge on any atom is 0.303 e. The van der Waals surface area contributed by atoms with Gasteiger partial charge in [0.2, 0.25) is 5.95 Å². The zero-order valence-electron chi connectivity index (χ0n) is 11.2. The summed E-state index contributed by atoms with van der Waals surface area (Å²) in [4.78, 5) is 33.1. The molecule has 0 atom stereocenters. The van der Waals surface area contributed by atoms with Gasteiger partial charge in [0.25, 0.3) is 0 Å². The minimum Gasteiger partial charge on any atom is -0.481 e. The number of ketones is 1. The van der Waals surface area contributed by atoms with Gasteiger partial charge in [0, 0.05) is 32.1 Å². The number of aromatic nitrogens is 2. The van der Waals surface area contributed by atoms with Crippen LogP contribution in [0.15, 0.2) is 6.20 Å². The predicted octanol–water partition coefficient (Wildman–Crippen LogP) is 1.30. The average Bonchev–Trinajstić information content (AvgIpc) is 2.80. The quantitative estimate of drug-likeness (QED) is 0.895. The molecule has 0 radical (unpaired) electrons. The number of carboxylic acids is 1. The van der Waals surface area contributed by atoms with Crippen LogP contribution in [0, 0.1) is 5.92 Å². The lowest BCUT2D eigenvalue weighted by Crippen LogP contribution is -2.35. The van der Waals surface area contributed by atoms with Crippen LogP contribution in [-0.2, 0) is 11.2 Å². The molecule has 1 aromatic heterocycles. The van der Waals surface area contributed by atoms with Crippen LogP contribution < -0.4 is 4.90 Å². The molecule has 2 aliphatic rings. The van der Waals surface area contributed by atoms with Crippen molar-refractivity contribution in [2.75, 3.05) is 18.0 Å². The van der Waals surface area contributed by atoms with Crippen molar-refractivity contribution in [1.82, 2.24) is 9.97 Å². The summed E-state index contributed by atoms with van der Waals surface area (Å²) in [5, 5.41) is 8.81. The number of aliphatic carboxylic acids is 1. The average molecular weight is 275 g/mol. The second kappa shape index (κ2) is 5.19. The van der Waals surface area contributed by atoms with Crippen molar-refractivity contribution in [3.8, 4) is 0 Å². The standard InChI is InChI=1S/C14H17N3O3/c18-12-2-1-11-10(12)8-15-14(16-11)17-5-3-9(4-6-17)7-13(19)20/h8-9H,1-7H2,(H,19,20). The second-order valence-electron chi connectivity index (χ2n) is 5.48. The Morgan fingerprint density at radius 3 is 2.80 bits per heavy atom. The van der Waals surface area contributed by atoms with E-state index in [1.54, 1.807) is 6.20 Å². The van der Waals surface area contributed by atoms with E-state index in [1.165, 1.54) is 0 Å². The van der Waals surface area contributed by atoms with Crippen molar-refractivity contribution in [2.24, 2.45) is 5.92 Å². The molecule has 1 aromatic rings. The Bertz CT molecular complexity index is 551. The number of fused-ring (bicyclic) bond motifs is 1. The molecule has 1 saturated heterocycles. The first-order valence-electron chi connectivity index (χ1n) is 6.99. The highest BCUT2D eigenvalue weighted by Gasteiger charge is 2.26. The Morgan fingerprint density at radius 1 is 1.35 bits per heavy atom. The number of Topliss-reactive ketones (excluding diaryl/α,β-unsaturated/α-hetero) is 1. The number of aryl methyl sites for hydroxylation is 1. The van der Waals surface area contributed by atoms with E-state index in [0.717, 1.165) is 31.6 Å². The third kappa shape index (κ3) is 2.50. The van der Waals surface area contributed by atoms with Crippen LogP contribution in [0.25, 0.3) is 0 Å². The largest absolute Gasteiger partial charge is 0.481 e. The second-order valence-corrected chi connectivity index (χ2v) is 5.48. The molecular formula is C14H17N3O3. The number of hydrogen-bond donors (Lipinski definition) is 1. The highest BCUT2D eigenvalue weighted by Crippen LogP contribution is 2.25. The van der Waals surface area contributed by atoms with Gasteiger partial charge < -0.3 is 10.0 Å². The number of piperidine rings is 1. The molecule has 0 aromatic carbocycles. The SMILES string of the molecule is O=C(O)CC1CCN(c2ncc3c(n2)CCC3=O)CC1. The minimum absolute atomic E-state index is 0.131. The number of carbonyl (C=O) groups is 2. The molecule has 1 N–H and O–H groups in total. The Morgan fingerprint density at radius 2 is 2.10 bits per heavy atom. The van der Waals surface area contributed by atoms with Gasteiger partial charge in [-0.05, 0) is 25.2 Å². The molecule has 20 heavy (non-hydrogen) atoms. The van der Waals surface area contributed by atoms with Gasteiger partial charge in [0.05, 0.1) is 11.3 Å². The molecule has 2 heterocycles. The van der Waals surface area contributed by atoms with Crippen LogP contribution in [0.4, 0.5) is 5.95 Å². The van der Waals surface area contributed by atoms with E-state index in [0.29, 0.717) is 24.4 Å². The smallest absolute Gasteiger partial charge is 0.303 e. The fourth-order valence-electron chi connectivity index (χ4n) is 2.93. The lowest BCUT2D eigenvalue weighted by molar-refractivity contribution is -0.138.